The van der Waals surface area contributed by atoms with Gasteiger partial charge in [-0.15, -0.1) is 0 Å². The van der Waals surface area contributed by atoms with Gasteiger partial charge in [-0.3, -0.25) is 9.69 Å². The van der Waals surface area contributed by atoms with E-state index in [2.05, 4.69) is 4.90 Å². The Kier molecular flexibility index (Phi) is 7.51. The normalized spacial score (nSPS) is 19.3. The molecule has 130 valence electrons. The Morgan fingerprint density at radius 3 is 2.96 bits per heavy atom. The van der Waals surface area contributed by atoms with E-state index in [9.17, 15) is 9.59 Å². The number of esters is 1. The number of hydrogen-bond acceptors (Lipinski definition) is 4. The first-order chi connectivity index (χ1) is 11.7. The van der Waals surface area contributed by atoms with Crippen molar-refractivity contribution in [1.29, 1.82) is 0 Å². The van der Waals surface area contributed by atoms with Gasteiger partial charge in [0.05, 0.1) is 6.61 Å². The maximum atomic E-state index is 12.2. The molecule has 24 heavy (non-hydrogen) atoms. The number of benzene rings is 1. The molecule has 0 amide bonds. The Hall–Kier alpha value is -1.61. The van der Waals surface area contributed by atoms with Gasteiger partial charge < -0.3 is 4.74 Å². The van der Waals surface area contributed by atoms with E-state index in [0.717, 1.165) is 31.4 Å². The average Bonchev–Trinajstić information content (AvgIpc) is 2.60. The molecule has 1 aromatic rings. The number of piperidine rings is 1. The Balaban J connectivity index is 2.18. The van der Waals surface area contributed by atoms with Gasteiger partial charge in [-0.1, -0.05) is 36.2 Å². The molecule has 0 aromatic heterocycles. The lowest BCUT2D eigenvalue weighted by atomic mass is 9.92. The van der Waals surface area contributed by atoms with E-state index in [1.54, 1.807) is 0 Å². The first kappa shape index (κ1) is 18.7. The lowest BCUT2D eigenvalue weighted by Crippen LogP contribution is -2.47. The summed E-state index contributed by atoms with van der Waals surface area (Å²) in [4.78, 5) is 25.1. The molecule has 0 spiro atoms. The molecule has 5 heteroatoms. The molecule has 1 heterocycles. The van der Waals surface area contributed by atoms with Gasteiger partial charge in [0, 0.05) is 23.6 Å². The second-order valence-electron chi connectivity index (χ2n) is 6.03. The molecule has 1 aliphatic rings. The molecule has 0 radical (unpaired) electrons. The minimum Gasteiger partial charge on any atom is -0.465 e. The topological polar surface area (TPSA) is 46.6 Å². The molecule has 0 aliphatic carbocycles. The third-order valence-electron chi connectivity index (χ3n) is 4.46. The summed E-state index contributed by atoms with van der Waals surface area (Å²) in [6.45, 7) is 3.75. The zero-order chi connectivity index (χ0) is 17.4. The molecule has 2 unspecified atom stereocenters. The SMILES string of the molecule is CCOC(=O)C1CCCCN1CC(CC=C=O)c1ccccc1Cl. The van der Waals surface area contributed by atoms with Crippen molar-refractivity contribution in [3.8, 4) is 0 Å². The van der Waals surface area contributed by atoms with Crippen LogP contribution in [0.5, 0.6) is 0 Å². The quantitative estimate of drug-likeness (QED) is 0.557. The van der Waals surface area contributed by atoms with Crippen LogP contribution in [0.2, 0.25) is 5.02 Å². The minimum absolute atomic E-state index is 0.0511. The molecule has 2 atom stereocenters. The zero-order valence-electron chi connectivity index (χ0n) is 14.0. The smallest absolute Gasteiger partial charge is 0.323 e. The molecule has 1 aliphatic heterocycles. The molecule has 1 fully saturated rings. The zero-order valence-corrected chi connectivity index (χ0v) is 14.8. The second kappa shape index (κ2) is 9.63. The fourth-order valence-electron chi connectivity index (χ4n) is 3.29. The molecule has 1 aromatic carbocycles. The Bertz CT molecular complexity index is 598. The van der Waals surface area contributed by atoms with E-state index in [4.69, 9.17) is 16.3 Å². The maximum Gasteiger partial charge on any atom is 0.323 e. The summed E-state index contributed by atoms with van der Waals surface area (Å²) in [5, 5.41) is 0.687. The summed E-state index contributed by atoms with van der Waals surface area (Å²) < 4.78 is 5.23. The van der Waals surface area contributed by atoms with E-state index in [1.165, 1.54) is 6.08 Å². The summed E-state index contributed by atoms with van der Waals surface area (Å²) in [6.07, 6.45) is 4.97. The molecule has 2 rings (SSSR count). The average molecular weight is 350 g/mol. The van der Waals surface area contributed by atoms with Gasteiger partial charge in [-0.25, -0.2) is 4.79 Å². The van der Waals surface area contributed by atoms with Crippen molar-refractivity contribution >= 4 is 23.5 Å². The van der Waals surface area contributed by atoms with Crippen molar-refractivity contribution in [1.82, 2.24) is 4.90 Å². The maximum absolute atomic E-state index is 12.2. The third-order valence-corrected chi connectivity index (χ3v) is 4.80. The Labute approximate surface area is 148 Å². The Morgan fingerprint density at radius 1 is 1.46 bits per heavy atom. The number of carbonyl (C=O) groups is 1. The molecule has 1 saturated heterocycles. The largest absolute Gasteiger partial charge is 0.465 e. The summed E-state index contributed by atoms with van der Waals surface area (Å²) >= 11 is 6.34. The molecular weight excluding hydrogens is 326 g/mol. The van der Waals surface area contributed by atoms with Crippen LogP contribution >= 0.6 is 11.6 Å². The molecule has 0 N–H and O–H groups in total. The van der Waals surface area contributed by atoms with Crippen LogP contribution in [0.1, 0.15) is 44.1 Å². The predicted molar refractivity (Wildman–Crippen MR) is 94.9 cm³/mol. The monoisotopic (exact) mass is 349 g/mol. The highest BCUT2D eigenvalue weighted by molar-refractivity contribution is 6.31. The van der Waals surface area contributed by atoms with E-state index in [0.29, 0.717) is 24.6 Å². The van der Waals surface area contributed by atoms with E-state index in [1.807, 2.05) is 37.1 Å². The molecule has 0 bridgehead atoms. The highest BCUT2D eigenvalue weighted by Gasteiger charge is 2.31. The summed E-state index contributed by atoms with van der Waals surface area (Å²) in [5.41, 5.74) is 0.999. The lowest BCUT2D eigenvalue weighted by molar-refractivity contribution is -0.151. The van der Waals surface area contributed by atoms with Gasteiger partial charge in [0.15, 0.2) is 0 Å². The van der Waals surface area contributed by atoms with Crippen molar-refractivity contribution in [2.24, 2.45) is 0 Å². The van der Waals surface area contributed by atoms with Crippen molar-refractivity contribution in [2.45, 2.75) is 44.6 Å². The standard InChI is InChI=1S/C19H24ClNO3/c1-2-24-19(23)18-11-5-6-12-21(18)14-15(8-7-13-22)16-9-3-4-10-17(16)20/h3-4,7,9-10,15,18H,2,5-6,8,11-12,14H2,1H3. The van der Waals surface area contributed by atoms with E-state index >= 15 is 0 Å². The number of allylic oxidation sites excluding steroid dienone is 1. The molecule has 4 nitrogen and oxygen atoms in total. The van der Waals surface area contributed by atoms with Crippen LogP contribution in [-0.2, 0) is 14.3 Å². The minimum atomic E-state index is -0.205. The highest BCUT2D eigenvalue weighted by atomic mass is 35.5. The summed E-state index contributed by atoms with van der Waals surface area (Å²) in [5.74, 6) is 1.75. The van der Waals surface area contributed by atoms with E-state index < -0.39 is 0 Å². The fourth-order valence-corrected chi connectivity index (χ4v) is 3.58. The first-order valence-corrected chi connectivity index (χ1v) is 8.89. The van der Waals surface area contributed by atoms with Crippen molar-refractivity contribution in [2.75, 3.05) is 19.7 Å². The van der Waals surface area contributed by atoms with Crippen LogP contribution in [0.4, 0.5) is 0 Å². The summed E-state index contributed by atoms with van der Waals surface area (Å²) in [6, 6.07) is 7.46. The first-order valence-electron chi connectivity index (χ1n) is 8.51. The van der Waals surface area contributed by atoms with Crippen LogP contribution in [0.15, 0.2) is 30.3 Å². The number of carbonyl (C=O) groups excluding carboxylic acids is 2. The van der Waals surface area contributed by atoms with Crippen LogP contribution in [0, 0.1) is 0 Å². The van der Waals surface area contributed by atoms with Crippen molar-refractivity contribution in [3.05, 3.63) is 40.9 Å². The van der Waals surface area contributed by atoms with Crippen LogP contribution in [0.25, 0.3) is 0 Å². The molecular formula is C19H24ClNO3. The van der Waals surface area contributed by atoms with Gasteiger partial charge in [0.1, 0.15) is 12.0 Å². The number of halogens is 1. The van der Waals surface area contributed by atoms with Gasteiger partial charge in [-0.2, -0.15) is 0 Å². The number of rotatable bonds is 7. The number of hydrogen-bond donors (Lipinski definition) is 0. The predicted octanol–water partition coefficient (Wildman–Crippen LogP) is 3.62. The van der Waals surface area contributed by atoms with Gasteiger partial charge in [0.2, 0.25) is 0 Å². The van der Waals surface area contributed by atoms with Crippen LogP contribution in [0.3, 0.4) is 0 Å². The van der Waals surface area contributed by atoms with Gasteiger partial charge >= 0.3 is 5.97 Å². The fraction of sp³-hybridized carbons (Fsp3) is 0.526. The number of likely N-dealkylation sites (tertiary alicyclic amines) is 1. The summed E-state index contributed by atoms with van der Waals surface area (Å²) in [7, 11) is 0. The number of nitrogens with zero attached hydrogens (tertiary/aromatic N) is 1. The van der Waals surface area contributed by atoms with E-state index in [-0.39, 0.29) is 17.9 Å². The van der Waals surface area contributed by atoms with Crippen LogP contribution in [-0.4, -0.2) is 42.5 Å². The van der Waals surface area contributed by atoms with Crippen molar-refractivity contribution < 1.29 is 14.3 Å². The van der Waals surface area contributed by atoms with Gasteiger partial charge in [0.25, 0.3) is 0 Å². The highest BCUT2D eigenvalue weighted by Crippen LogP contribution is 2.30. The number of ether oxygens (including phenoxy) is 1. The lowest BCUT2D eigenvalue weighted by Gasteiger charge is -2.36. The van der Waals surface area contributed by atoms with Crippen LogP contribution < -0.4 is 0 Å². The third kappa shape index (κ3) is 4.94. The van der Waals surface area contributed by atoms with Crippen molar-refractivity contribution in [3.63, 3.8) is 0 Å². The second-order valence-corrected chi connectivity index (χ2v) is 6.44. The Morgan fingerprint density at radius 2 is 2.25 bits per heavy atom. The molecule has 0 saturated carbocycles. The van der Waals surface area contributed by atoms with Gasteiger partial charge in [-0.05, 0) is 44.4 Å².